The Morgan fingerprint density at radius 2 is 2.10 bits per heavy atom. The van der Waals surface area contributed by atoms with E-state index in [1.807, 2.05) is 6.07 Å². The summed E-state index contributed by atoms with van der Waals surface area (Å²) in [7, 11) is 0. The van der Waals surface area contributed by atoms with Crippen molar-refractivity contribution in [1.82, 2.24) is 4.98 Å². The third-order valence-electron chi connectivity index (χ3n) is 3.46. The summed E-state index contributed by atoms with van der Waals surface area (Å²) in [5.41, 5.74) is 8.45. The molecule has 0 aliphatic heterocycles. The smallest absolute Gasteiger partial charge is 0.106 e. The van der Waals surface area contributed by atoms with Gasteiger partial charge in [-0.15, -0.1) is 11.3 Å². The molecule has 2 heterocycles. The molecule has 0 saturated heterocycles. The number of thiophene rings is 1. The van der Waals surface area contributed by atoms with Crippen molar-refractivity contribution in [2.75, 3.05) is 0 Å². The molecule has 0 radical (unpaired) electrons. The van der Waals surface area contributed by atoms with Gasteiger partial charge in [0, 0.05) is 11.4 Å². The molecule has 1 unspecified atom stereocenters. The van der Waals surface area contributed by atoms with Crippen molar-refractivity contribution in [3.63, 3.8) is 0 Å². The molecule has 0 aliphatic rings. The maximum atomic E-state index is 6.16. The zero-order chi connectivity index (χ0) is 14.7. The molecule has 2 nitrogen and oxygen atoms in total. The summed E-state index contributed by atoms with van der Waals surface area (Å²) in [6, 6.07) is 14.9. The number of fused-ring (bicyclic) bond motifs is 1. The van der Waals surface area contributed by atoms with Crippen molar-refractivity contribution in [3.8, 4) is 0 Å². The van der Waals surface area contributed by atoms with E-state index in [4.69, 9.17) is 10.7 Å². The van der Waals surface area contributed by atoms with E-state index in [1.54, 1.807) is 23.1 Å². The molecule has 0 spiro atoms. The number of hydrogen-bond acceptors (Lipinski definition) is 4. The first-order valence-electron chi connectivity index (χ1n) is 7.12. The summed E-state index contributed by atoms with van der Waals surface area (Å²) in [4.78, 5) is 4.85. The van der Waals surface area contributed by atoms with Gasteiger partial charge in [-0.2, -0.15) is 0 Å². The van der Waals surface area contributed by atoms with Gasteiger partial charge in [-0.3, -0.25) is 0 Å². The zero-order valence-electron chi connectivity index (χ0n) is 12.0. The van der Waals surface area contributed by atoms with Crippen LogP contribution in [0.15, 0.2) is 57.1 Å². The molecule has 1 aromatic carbocycles. The average Bonchev–Trinajstić information content (AvgIpc) is 3.00. The highest BCUT2D eigenvalue weighted by molar-refractivity contribution is 8.01. The van der Waals surface area contributed by atoms with Gasteiger partial charge >= 0.3 is 0 Å². The number of hydrogen-bond donors (Lipinski definition) is 1. The minimum Gasteiger partial charge on any atom is -0.327 e. The maximum absolute atomic E-state index is 6.16. The predicted molar refractivity (Wildman–Crippen MR) is 92.2 cm³/mol. The molecule has 3 rings (SSSR count). The highest BCUT2D eigenvalue weighted by Gasteiger charge is 2.12. The van der Waals surface area contributed by atoms with Crippen LogP contribution in [0.4, 0.5) is 0 Å². The Labute approximate surface area is 133 Å². The molecule has 0 bridgehead atoms. The molecule has 0 fully saturated rings. The van der Waals surface area contributed by atoms with Gasteiger partial charge in [-0.25, -0.2) is 4.98 Å². The van der Waals surface area contributed by atoms with E-state index in [1.165, 1.54) is 15.2 Å². The second kappa shape index (κ2) is 6.60. The molecule has 2 aromatic heterocycles. The van der Waals surface area contributed by atoms with Gasteiger partial charge in [0.15, 0.2) is 0 Å². The van der Waals surface area contributed by atoms with Crippen LogP contribution in [0.1, 0.15) is 18.9 Å². The predicted octanol–water partition coefficient (Wildman–Crippen LogP) is 4.73. The lowest BCUT2D eigenvalue weighted by molar-refractivity contribution is 0.638. The van der Waals surface area contributed by atoms with E-state index >= 15 is 0 Å². The van der Waals surface area contributed by atoms with E-state index in [2.05, 4.69) is 48.7 Å². The van der Waals surface area contributed by atoms with Crippen molar-refractivity contribution in [1.29, 1.82) is 0 Å². The van der Waals surface area contributed by atoms with Crippen molar-refractivity contribution in [2.45, 2.75) is 35.0 Å². The van der Waals surface area contributed by atoms with Crippen LogP contribution in [0.3, 0.4) is 0 Å². The monoisotopic (exact) mass is 314 g/mol. The van der Waals surface area contributed by atoms with Gasteiger partial charge in [-0.05, 0) is 42.0 Å². The van der Waals surface area contributed by atoms with Crippen molar-refractivity contribution >= 4 is 34.0 Å². The van der Waals surface area contributed by atoms with E-state index in [9.17, 15) is 0 Å². The Hall–Kier alpha value is -1.36. The van der Waals surface area contributed by atoms with Gasteiger partial charge in [0.1, 0.15) is 5.03 Å². The zero-order valence-corrected chi connectivity index (χ0v) is 13.6. The summed E-state index contributed by atoms with van der Waals surface area (Å²) in [5.74, 6) is 0. The lowest BCUT2D eigenvalue weighted by Crippen LogP contribution is -2.21. The van der Waals surface area contributed by atoms with Crippen LogP contribution in [0.2, 0.25) is 0 Å². The molecular weight excluding hydrogens is 296 g/mol. The fourth-order valence-electron chi connectivity index (χ4n) is 2.22. The van der Waals surface area contributed by atoms with Crippen LogP contribution >= 0.6 is 23.1 Å². The number of nitrogens with zero attached hydrogens (tertiary/aromatic N) is 1. The van der Waals surface area contributed by atoms with Crippen molar-refractivity contribution < 1.29 is 0 Å². The van der Waals surface area contributed by atoms with E-state index in [0.717, 1.165) is 23.4 Å². The summed E-state index contributed by atoms with van der Waals surface area (Å²) in [6.07, 6.45) is 1.86. The maximum Gasteiger partial charge on any atom is 0.106 e. The normalized spacial score (nSPS) is 12.7. The Kier molecular flexibility index (Phi) is 4.58. The van der Waals surface area contributed by atoms with Crippen molar-refractivity contribution in [2.24, 2.45) is 5.73 Å². The average molecular weight is 314 g/mol. The fraction of sp³-hybridized carbons (Fsp3) is 0.235. The molecular formula is C17H18N2S2. The van der Waals surface area contributed by atoms with Crippen LogP contribution in [0.25, 0.3) is 10.9 Å². The summed E-state index contributed by atoms with van der Waals surface area (Å²) in [6.45, 7) is 2.13. The van der Waals surface area contributed by atoms with E-state index in [0.29, 0.717) is 0 Å². The van der Waals surface area contributed by atoms with Gasteiger partial charge in [0.25, 0.3) is 0 Å². The lowest BCUT2D eigenvalue weighted by atomic mass is 10.0. The number of benzene rings is 1. The Morgan fingerprint density at radius 3 is 2.86 bits per heavy atom. The van der Waals surface area contributed by atoms with Gasteiger partial charge < -0.3 is 5.73 Å². The Morgan fingerprint density at radius 1 is 1.24 bits per heavy atom. The molecule has 3 aromatic rings. The minimum absolute atomic E-state index is 0.190. The van der Waals surface area contributed by atoms with Crippen molar-refractivity contribution in [3.05, 3.63) is 53.4 Å². The standard InChI is InChI=1S/C17H18N2S2/c1-2-14(18)11-13-10-12-6-3-4-7-15(12)19-17(13)21-16-8-5-9-20-16/h3-10,14H,2,11,18H2,1H3. The van der Waals surface area contributed by atoms with E-state index < -0.39 is 0 Å². The lowest BCUT2D eigenvalue weighted by Gasteiger charge is -2.13. The molecule has 2 N–H and O–H groups in total. The van der Waals surface area contributed by atoms with Crippen LogP contribution < -0.4 is 5.73 Å². The molecule has 0 aliphatic carbocycles. The number of aromatic nitrogens is 1. The van der Waals surface area contributed by atoms with Gasteiger partial charge in [0.2, 0.25) is 0 Å². The summed E-state index contributed by atoms with van der Waals surface area (Å²) < 4.78 is 1.27. The fourth-order valence-corrected chi connectivity index (χ4v) is 4.02. The van der Waals surface area contributed by atoms with Gasteiger partial charge in [0.05, 0.1) is 9.73 Å². The second-order valence-corrected chi connectivity index (χ2v) is 7.29. The summed E-state index contributed by atoms with van der Waals surface area (Å²) >= 11 is 3.49. The highest BCUT2D eigenvalue weighted by atomic mass is 32.2. The van der Waals surface area contributed by atoms with Crippen LogP contribution in [0, 0.1) is 0 Å². The van der Waals surface area contributed by atoms with Crippen LogP contribution in [-0.4, -0.2) is 11.0 Å². The topological polar surface area (TPSA) is 38.9 Å². The molecule has 1 atom stereocenters. The van der Waals surface area contributed by atoms with Gasteiger partial charge in [-0.1, -0.05) is 43.0 Å². The minimum atomic E-state index is 0.190. The van der Waals surface area contributed by atoms with Crippen LogP contribution in [0.5, 0.6) is 0 Å². The third-order valence-corrected chi connectivity index (χ3v) is 5.55. The molecule has 4 heteroatoms. The first kappa shape index (κ1) is 14.6. The quantitative estimate of drug-likeness (QED) is 0.740. The van der Waals surface area contributed by atoms with Crippen LogP contribution in [-0.2, 0) is 6.42 Å². The second-order valence-electron chi connectivity index (χ2n) is 5.05. The first-order valence-corrected chi connectivity index (χ1v) is 8.81. The number of para-hydroxylation sites is 1. The Bertz CT molecular complexity index is 723. The molecule has 108 valence electrons. The first-order chi connectivity index (χ1) is 10.3. The summed E-state index contributed by atoms with van der Waals surface area (Å²) in [5, 5.41) is 4.37. The molecule has 0 saturated carbocycles. The highest BCUT2D eigenvalue weighted by Crippen LogP contribution is 2.34. The molecule has 0 amide bonds. The largest absolute Gasteiger partial charge is 0.327 e. The Balaban J connectivity index is 2.03. The number of rotatable bonds is 5. The SMILES string of the molecule is CCC(N)Cc1cc2ccccc2nc1Sc1cccs1. The number of nitrogens with two attached hydrogens (primary N) is 1. The number of pyridine rings is 1. The third kappa shape index (κ3) is 3.46. The van der Waals surface area contributed by atoms with E-state index in [-0.39, 0.29) is 6.04 Å². The molecule has 21 heavy (non-hydrogen) atoms.